The van der Waals surface area contributed by atoms with E-state index < -0.39 is 0 Å². The largest absolute Gasteiger partial charge is 0.351 e. The second-order valence-electron chi connectivity index (χ2n) is 6.88. The van der Waals surface area contributed by atoms with Crippen molar-refractivity contribution in [3.05, 3.63) is 36.2 Å². The Morgan fingerprint density at radius 1 is 1.29 bits per heavy atom. The van der Waals surface area contributed by atoms with E-state index in [1.54, 1.807) is 0 Å². The molecule has 0 atom stereocenters. The Morgan fingerprint density at radius 2 is 1.96 bits per heavy atom. The zero-order chi connectivity index (χ0) is 17.5. The van der Waals surface area contributed by atoms with E-state index >= 15 is 0 Å². The van der Waals surface area contributed by atoms with Gasteiger partial charge in [0.15, 0.2) is 0 Å². The summed E-state index contributed by atoms with van der Waals surface area (Å²) in [4.78, 5) is 11.3. The molecule has 1 aliphatic rings. The fraction of sp³-hybridized carbons (Fsp3) is 0.579. The molecule has 0 spiro atoms. The summed E-state index contributed by atoms with van der Waals surface area (Å²) in [6.07, 6.45) is 8.44. The predicted octanol–water partition coefficient (Wildman–Crippen LogP) is 2.94. The molecule has 24 heavy (non-hydrogen) atoms. The molecule has 1 aromatic heterocycles. The number of anilines is 1. The zero-order valence-corrected chi connectivity index (χ0v) is 15.5. The van der Waals surface area contributed by atoms with Crippen LogP contribution in [0.5, 0.6) is 0 Å². The minimum absolute atomic E-state index is 0.462. The Kier molecular flexibility index (Phi) is 6.94. The van der Waals surface area contributed by atoms with E-state index in [2.05, 4.69) is 48.1 Å². The van der Waals surface area contributed by atoms with Crippen LogP contribution in [0.15, 0.2) is 30.5 Å². The zero-order valence-electron chi connectivity index (χ0n) is 15.5. The third kappa shape index (κ3) is 5.14. The quantitative estimate of drug-likeness (QED) is 0.753. The van der Waals surface area contributed by atoms with Crippen molar-refractivity contribution in [2.24, 2.45) is 0 Å². The normalized spacial score (nSPS) is 22.2. The number of hydrogen-bond acceptors (Lipinski definition) is 5. The van der Waals surface area contributed by atoms with Crippen molar-refractivity contribution >= 4 is 11.5 Å². The molecule has 2 N–H and O–H groups in total. The van der Waals surface area contributed by atoms with E-state index in [-0.39, 0.29) is 0 Å². The average Bonchev–Trinajstić information content (AvgIpc) is 2.56. The molecule has 0 unspecified atom stereocenters. The van der Waals surface area contributed by atoms with E-state index in [9.17, 15) is 0 Å². The smallest absolute Gasteiger partial charge is 0.223 e. The number of allylic oxidation sites excluding steroid dienone is 2. The predicted molar refractivity (Wildman–Crippen MR) is 102 cm³/mol. The van der Waals surface area contributed by atoms with Crippen LogP contribution in [0, 0.1) is 0 Å². The second-order valence-corrected chi connectivity index (χ2v) is 6.88. The summed E-state index contributed by atoms with van der Waals surface area (Å²) in [7, 11) is 6.18. The standard InChI is InChI=1S/C19H31N5/c1-6-17(14(2)13-24(4)5)18-11-12-21-19(23-18)22-16-9-7-15(20-3)8-10-16/h6,11-12,15-16,20H,1,7-10,13H2,2-5H3,(H,21,22,23)/b17-14+. The first kappa shape index (κ1) is 18.6. The van der Waals surface area contributed by atoms with Gasteiger partial charge in [0, 0.05) is 24.8 Å². The van der Waals surface area contributed by atoms with Crippen molar-refractivity contribution in [2.75, 3.05) is 33.0 Å². The third-order valence-electron chi connectivity index (χ3n) is 4.62. The highest BCUT2D eigenvalue weighted by atomic mass is 15.1. The van der Waals surface area contributed by atoms with Crippen LogP contribution in [0.1, 0.15) is 38.3 Å². The van der Waals surface area contributed by atoms with Crippen molar-refractivity contribution in [1.29, 1.82) is 0 Å². The maximum Gasteiger partial charge on any atom is 0.223 e. The number of nitrogens with zero attached hydrogens (tertiary/aromatic N) is 3. The molecule has 1 aliphatic carbocycles. The molecule has 132 valence electrons. The number of nitrogens with one attached hydrogen (secondary N) is 2. The minimum atomic E-state index is 0.462. The van der Waals surface area contributed by atoms with Crippen molar-refractivity contribution < 1.29 is 0 Å². The SMILES string of the molecule is C=C/C(=C(/C)CN(C)C)c1ccnc(NC2CCC(NC)CC2)n1. The van der Waals surface area contributed by atoms with Gasteiger partial charge in [-0.15, -0.1) is 0 Å². The average molecular weight is 329 g/mol. The van der Waals surface area contributed by atoms with Crippen LogP contribution in [0.2, 0.25) is 0 Å². The molecule has 5 heteroatoms. The summed E-state index contributed by atoms with van der Waals surface area (Å²) in [5.74, 6) is 0.720. The Labute approximate surface area is 146 Å². The van der Waals surface area contributed by atoms with Crippen LogP contribution in [-0.4, -0.2) is 54.6 Å². The van der Waals surface area contributed by atoms with Crippen LogP contribution < -0.4 is 10.6 Å². The van der Waals surface area contributed by atoms with E-state index in [4.69, 9.17) is 4.98 Å². The summed E-state index contributed by atoms with van der Waals surface area (Å²) in [5.41, 5.74) is 3.29. The van der Waals surface area contributed by atoms with Crippen LogP contribution in [-0.2, 0) is 0 Å². The van der Waals surface area contributed by atoms with E-state index in [0.29, 0.717) is 12.1 Å². The fourth-order valence-electron chi connectivity index (χ4n) is 3.34. The Morgan fingerprint density at radius 3 is 2.54 bits per heavy atom. The van der Waals surface area contributed by atoms with Gasteiger partial charge >= 0.3 is 0 Å². The molecule has 0 saturated heterocycles. The summed E-state index contributed by atoms with van der Waals surface area (Å²) < 4.78 is 0. The molecule has 1 aromatic rings. The van der Waals surface area contributed by atoms with Crippen molar-refractivity contribution in [1.82, 2.24) is 20.2 Å². The van der Waals surface area contributed by atoms with Crippen molar-refractivity contribution in [2.45, 2.75) is 44.7 Å². The number of likely N-dealkylation sites (N-methyl/N-ethyl adjacent to an activating group) is 1. The summed E-state index contributed by atoms with van der Waals surface area (Å²) in [6.45, 7) is 6.99. The van der Waals surface area contributed by atoms with Gasteiger partial charge in [0.05, 0.1) is 5.69 Å². The van der Waals surface area contributed by atoms with Crippen molar-refractivity contribution in [3.8, 4) is 0 Å². The van der Waals surface area contributed by atoms with Gasteiger partial charge in [0.25, 0.3) is 0 Å². The first-order chi connectivity index (χ1) is 11.5. The highest BCUT2D eigenvalue weighted by Gasteiger charge is 2.20. The van der Waals surface area contributed by atoms with Gasteiger partial charge in [0.2, 0.25) is 5.95 Å². The molecular formula is C19H31N5. The van der Waals surface area contributed by atoms with E-state index in [1.165, 1.54) is 18.4 Å². The van der Waals surface area contributed by atoms with Gasteiger partial charge < -0.3 is 15.5 Å². The fourth-order valence-corrected chi connectivity index (χ4v) is 3.34. The summed E-state index contributed by atoms with van der Waals surface area (Å²) in [6, 6.07) is 3.07. The lowest BCUT2D eigenvalue weighted by atomic mass is 9.91. The molecular weight excluding hydrogens is 298 g/mol. The Hall–Kier alpha value is -1.72. The lowest BCUT2D eigenvalue weighted by molar-refractivity contribution is 0.370. The molecule has 0 bridgehead atoms. The van der Waals surface area contributed by atoms with Crippen LogP contribution in [0.25, 0.3) is 5.57 Å². The lowest BCUT2D eigenvalue weighted by Gasteiger charge is -2.28. The molecule has 0 radical (unpaired) electrons. The van der Waals surface area contributed by atoms with Crippen LogP contribution >= 0.6 is 0 Å². The summed E-state index contributed by atoms with van der Waals surface area (Å²) >= 11 is 0. The second kappa shape index (κ2) is 8.94. The molecule has 0 amide bonds. The van der Waals surface area contributed by atoms with Gasteiger partial charge in [-0.25, -0.2) is 9.97 Å². The molecule has 1 heterocycles. The minimum Gasteiger partial charge on any atom is -0.351 e. The van der Waals surface area contributed by atoms with Gasteiger partial charge in [-0.1, -0.05) is 12.7 Å². The number of rotatable bonds is 7. The van der Waals surface area contributed by atoms with Gasteiger partial charge in [-0.2, -0.15) is 0 Å². The van der Waals surface area contributed by atoms with E-state index in [1.807, 2.05) is 25.4 Å². The number of aromatic nitrogens is 2. The molecule has 1 saturated carbocycles. The number of hydrogen-bond donors (Lipinski definition) is 2. The highest BCUT2D eigenvalue weighted by molar-refractivity contribution is 5.74. The van der Waals surface area contributed by atoms with E-state index in [0.717, 1.165) is 36.6 Å². The third-order valence-corrected chi connectivity index (χ3v) is 4.62. The maximum absolute atomic E-state index is 4.72. The van der Waals surface area contributed by atoms with Crippen LogP contribution in [0.4, 0.5) is 5.95 Å². The molecule has 0 aliphatic heterocycles. The first-order valence-electron chi connectivity index (χ1n) is 8.77. The van der Waals surface area contributed by atoms with Crippen LogP contribution in [0.3, 0.4) is 0 Å². The Balaban J connectivity index is 2.09. The van der Waals surface area contributed by atoms with Gasteiger partial charge in [0.1, 0.15) is 0 Å². The molecule has 1 fully saturated rings. The molecule has 2 rings (SSSR count). The topological polar surface area (TPSA) is 53.1 Å². The highest BCUT2D eigenvalue weighted by Crippen LogP contribution is 2.23. The van der Waals surface area contributed by atoms with Gasteiger partial charge in [-0.3, -0.25) is 0 Å². The first-order valence-corrected chi connectivity index (χ1v) is 8.77. The Bertz CT molecular complexity index is 571. The van der Waals surface area contributed by atoms with Gasteiger partial charge in [-0.05, 0) is 71.0 Å². The summed E-state index contributed by atoms with van der Waals surface area (Å²) in [5, 5.41) is 6.88. The molecule has 0 aromatic carbocycles. The van der Waals surface area contributed by atoms with Crippen molar-refractivity contribution in [3.63, 3.8) is 0 Å². The maximum atomic E-state index is 4.72. The molecule has 5 nitrogen and oxygen atoms in total. The monoisotopic (exact) mass is 329 g/mol. The lowest BCUT2D eigenvalue weighted by Crippen LogP contribution is -2.35.